The molecular formula is C23H23ClN4O3. The van der Waals surface area contributed by atoms with Crippen LogP contribution in [0.2, 0.25) is 5.02 Å². The van der Waals surface area contributed by atoms with E-state index in [1.165, 1.54) is 10.7 Å². The molecule has 8 heteroatoms. The highest BCUT2D eigenvalue weighted by Crippen LogP contribution is 2.39. The smallest absolute Gasteiger partial charge is 0.342 e. The normalized spacial score (nSPS) is 13.5. The number of nitrogens with one attached hydrogen (secondary N) is 2. The maximum atomic E-state index is 12.4. The lowest BCUT2D eigenvalue weighted by Gasteiger charge is -2.25. The molecule has 1 heterocycles. The quantitative estimate of drug-likeness (QED) is 0.521. The molecule has 31 heavy (non-hydrogen) atoms. The van der Waals surface area contributed by atoms with Gasteiger partial charge in [0.2, 0.25) is 0 Å². The highest BCUT2D eigenvalue weighted by atomic mass is 35.5. The van der Waals surface area contributed by atoms with Crippen molar-refractivity contribution in [3.8, 4) is 17.0 Å². The largest absolute Gasteiger partial charge is 0.507 e. The molecular weight excluding hydrogens is 416 g/mol. The number of phenols is 1. The summed E-state index contributed by atoms with van der Waals surface area (Å²) in [5.74, 6) is -0.0462. The van der Waals surface area contributed by atoms with E-state index in [-0.39, 0.29) is 17.7 Å². The van der Waals surface area contributed by atoms with E-state index >= 15 is 0 Å². The van der Waals surface area contributed by atoms with Crippen LogP contribution in [0.15, 0.2) is 48.5 Å². The molecule has 4 rings (SSSR count). The van der Waals surface area contributed by atoms with Gasteiger partial charge in [0.15, 0.2) is 0 Å². The molecule has 0 radical (unpaired) electrons. The van der Waals surface area contributed by atoms with Crippen molar-refractivity contribution in [3.05, 3.63) is 64.8 Å². The van der Waals surface area contributed by atoms with Gasteiger partial charge in [-0.05, 0) is 62.2 Å². The zero-order valence-electron chi connectivity index (χ0n) is 17.1. The minimum atomic E-state index is -0.309. The van der Waals surface area contributed by atoms with Crippen LogP contribution in [0.1, 0.15) is 48.2 Å². The summed E-state index contributed by atoms with van der Waals surface area (Å²) in [5.41, 5.74) is 2.77. The highest BCUT2D eigenvalue weighted by Gasteiger charge is 2.27. The third-order valence-electron chi connectivity index (χ3n) is 5.42. The second-order valence-electron chi connectivity index (χ2n) is 7.52. The molecule has 160 valence electrons. The molecule has 3 N–H and O–H groups in total. The van der Waals surface area contributed by atoms with Gasteiger partial charge in [0, 0.05) is 40.4 Å². The maximum absolute atomic E-state index is 12.4. The molecule has 0 unspecified atom stereocenters. The lowest BCUT2D eigenvalue weighted by Crippen LogP contribution is -2.31. The molecule has 2 amide bonds. The molecule has 0 atom stereocenters. The van der Waals surface area contributed by atoms with Crippen molar-refractivity contribution in [1.29, 1.82) is 0 Å². The van der Waals surface area contributed by atoms with Gasteiger partial charge < -0.3 is 15.7 Å². The fourth-order valence-electron chi connectivity index (χ4n) is 3.54. The summed E-state index contributed by atoms with van der Waals surface area (Å²) in [6.45, 7) is 2.36. The van der Waals surface area contributed by atoms with Crippen LogP contribution in [0, 0.1) is 0 Å². The lowest BCUT2D eigenvalue weighted by molar-refractivity contribution is 0.102. The van der Waals surface area contributed by atoms with Crippen LogP contribution in [0.4, 0.5) is 10.5 Å². The number of carbonyl (C=O) groups excluding carboxylic acids is 2. The van der Waals surface area contributed by atoms with E-state index in [0.29, 0.717) is 40.0 Å². The van der Waals surface area contributed by atoms with Crippen LogP contribution in [0.3, 0.4) is 0 Å². The van der Waals surface area contributed by atoms with E-state index in [0.717, 1.165) is 25.0 Å². The first-order valence-corrected chi connectivity index (χ1v) is 10.6. The number of amides is 2. The van der Waals surface area contributed by atoms with Crippen molar-refractivity contribution in [2.45, 2.75) is 32.1 Å². The van der Waals surface area contributed by atoms with E-state index in [9.17, 15) is 14.7 Å². The van der Waals surface area contributed by atoms with Crippen LogP contribution in [0.25, 0.3) is 11.3 Å². The topological polar surface area (TPSA) is 96.3 Å². The minimum absolute atomic E-state index is 0.0328. The number of benzene rings is 2. The van der Waals surface area contributed by atoms with Crippen molar-refractivity contribution in [2.75, 3.05) is 11.9 Å². The summed E-state index contributed by atoms with van der Waals surface area (Å²) in [6, 6.07) is 13.0. The van der Waals surface area contributed by atoms with E-state index in [1.54, 1.807) is 36.4 Å². The molecule has 2 aromatic carbocycles. The number of aromatic hydroxyl groups is 1. The number of rotatable bonds is 5. The summed E-state index contributed by atoms with van der Waals surface area (Å²) >= 11 is 5.86. The van der Waals surface area contributed by atoms with Crippen molar-refractivity contribution in [3.63, 3.8) is 0 Å². The number of nitrogens with zero attached hydrogens (tertiary/aromatic N) is 2. The predicted molar refractivity (Wildman–Crippen MR) is 120 cm³/mol. The molecule has 0 aliphatic heterocycles. The molecule has 0 spiro atoms. The van der Waals surface area contributed by atoms with Gasteiger partial charge in [0.25, 0.3) is 5.91 Å². The molecule has 0 saturated heterocycles. The minimum Gasteiger partial charge on any atom is -0.507 e. The molecule has 1 aliphatic carbocycles. The summed E-state index contributed by atoms with van der Waals surface area (Å²) < 4.78 is 1.40. The Labute approximate surface area is 185 Å². The SMILES string of the molecule is CCNC(=O)n1nc(-c2ccc(NC(=O)c3ccc(Cl)cc3)cc2O)cc1C1CCC1. The maximum Gasteiger partial charge on any atom is 0.342 e. The number of hydrogen-bond donors (Lipinski definition) is 3. The van der Waals surface area contributed by atoms with Gasteiger partial charge in [-0.3, -0.25) is 4.79 Å². The fraction of sp³-hybridized carbons (Fsp3) is 0.261. The van der Waals surface area contributed by atoms with E-state index in [2.05, 4.69) is 15.7 Å². The van der Waals surface area contributed by atoms with Crippen molar-refractivity contribution < 1.29 is 14.7 Å². The van der Waals surface area contributed by atoms with Crippen molar-refractivity contribution in [2.24, 2.45) is 0 Å². The first kappa shape index (κ1) is 20.9. The Hall–Kier alpha value is -3.32. The number of phenolic OH excluding ortho intramolecular Hbond substituents is 1. The predicted octanol–water partition coefficient (Wildman–Crippen LogP) is 5.01. The average molecular weight is 439 g/mol. The zero-order valence-corrected chi connectivity index (χ0v) is 17.8. The Balaban J connectivity index is 1.58. The van der Waals surface area contributed by atoms with Crippen molar-refractivity contribution in [1.82, 2.24) is 15.1 Å². The molecule has 1 aromatic heterocycles. The first-order valence-electron chi connectivity index (χ1n) is 10.2. The summed E-state index contributed by atoms with van der Waals surface area (Å²) in [6.07, 6.45) is 3.17. The molecule has 1 aliphatic rings. The number of aromatic nitrogens is 2. The zero-order chi connectivity index (χ0) is 22.0. The Bertz CT molecular complexity index is 1120. The molecule has 1 fully saturated rings. The van der Waals surface area contributed by atoms with E-state index in [4.69, 9.17) is 11.6 Å². The van der Waals surface area contributed by atoms with E-state index < -0.39 is 0 Å². The van der Waals surface area contributed by atoms with Gasteiger partial charge in [-0.25, -0.2) is 4.79 Å². The number of hydrogen-bond acceptors (Lipinski definition) is 4. The Morgan fingerprint density at radius 1 is 1.16 bits per heavy atom. The summed E-state index contributed by atoms with van der Waals surface area (Å²) in [5, 5.41) is 21.1. The van der Waals surface area contributed by atoms with Gasteiger partial charge in [0.1, 0.15) is 5.75 Å². The fourth-order valence-corrected chi connectivity index (χ4v) is 3.67. The van der Waals surface area contributed by atoms with Crippen LogP contribution in [-0.4, -0.2) is 33.4 Å². The van der Waals surface area contributed by atoms with Gasteiger partial charge in [-0.1, -0.05) is 18.0 Å². The second-order valence-corrected chi connectivity index (χ2v) is 7.96. The van der Waals surface area contributed by atoms with Crippen LogP contribution in [0.5, 0.6) is 5.75 Å². The van der Waals surface area contributed by atoms with Crippen LogP contribution in [-0.2, 0) is 0 Å². The Morgan fingerprint density at radius 3 is 2.52 bits per heavy atom. The number of anilines is 1. The van der Waals surface area contributed by atoms with Gasteiger partial charge in [-0.15, -0.1) is 0 Å². The number of halogens is 1. The van der Waals surface area contributed by atoms with Crippen LogP contribution >= 0.6 is 11.6 Å². The molecule has 0 bridgehead atoms. The lowest BCUT2D eigenvalue weighted by atomic mass is 9.82. The number of carbonyl (C=O) groups is 2. The standard InChI is InChI=1S/C23H23ClN4O3/c1-2-25-23(31)28-20(14-4-3-5-14)13-19(27-28)18-11-10-17(12-21(18)29)26-22(30)15-6-8-16(24)9-7-15/h6-14,29H,2-5H2,1H3,(H,25,31)(H,26,30). The molecule has 7 nitrogen and oxygen atoms in total. The monoisotopic (exact) mass is 438 g/mol. The van der Waals surface area contributed by atoms with Gasteiger partial charge >= 0.3 is 6.03 Å². The molecule has 3 aromatic rings. The van der Waals surface area contributed by atoms with Crippen molar-refractivity contribution >= 4 is 29.2 Å². The highest BCUT2D eigenvalue weighted by molar-refractivity contribution is 6.30. The Morgan fingerprint density at radius 2 is 1.90 bits per heavy atom. The first-order chi connectivity index (χ1) is 15.0. The summed E-state index contributed by atoms with van der Waals surface area (Å²) in [7, 11) is 0. The Kier molecular flexibility index (Phi) is 5.95. The third-order valence-corrected chi connectivity index (χ3v) is 5.67. The molecule has 1 saturated carbocycles. The van der Waals surface area contributed by atoms with Gasteiger partial charge in [0.05, 0.1) is 11.4 Å². The van der Waals surface area contributed by atoms with Gasteiger partial charge in [-0.2, -0.15) is 9.78 Å². The second kappa shape index (κ2) is 8.81. The summed E-state index contributed by atoms with van der Waals surface area (Å²) in [4.78, 5) is 24.8. The average Bonchev–Trinajstić information content (AvgIpc) is 3.12. The van der Waals surface area contributed by atoms with E-state index in [1.807, 2.05) is 13.0 Å². The third kappa shape index (κ3) is 4.41. The van der Waals surface area contributed by atoms with Crippen LogP contribution < -0.4 is 10.6 Å².